The van der Waals surface area contributed by atoms with E-state index in [-0.39, 0.29) is 5.43 Å². The van der Waals surface area contributed by atoms with Gasteiger partial charge < -0.3 is 5.32 Å². The molecule has 3 aromatic carbocycles. The van der Waals surface area contributed by atoms with Gasteiger partial charge in [-0.05, 0) is 61.7 Å². The predicted molar refractivity (Wildman–Crippen MR) is 129 cm³/mol. The highest BCUT2D eigenvalue weighted by atomic mass is 35.5. The summed E-state index contributed by atoms with van der Waals surface area (Å²) >= 11 is 6.25. The fraction of sp³-hybridized carbons (Fsp3) is 0.115. The van der Waals surface area contributed by atoms with E-state index in [0.717, 1.165) is 16.8 Å². The summed E-state index contributed by atoms with van der Waals surface area (Å²) in [4.78, 5) is 26.4. The molecule has 0 aliphatic carbocycles. The molecule has 4 rings (SSSR count). The van der Waals surface area contributed by atoms with Gasteiger partial charge in [-0.3, -0.25) is 9.59 Å². The Hall–Kier alpha value is -3.70. The molecule has 0 aliphatic rings. The van der Waals surface area contributed by atoms with Crippen molar-refractivity contribution in [2.75, 3.05) is 5.32 Å². The number of aromatic nitrogens is 2. The maximum absolute atomic E-state index is 13.2. The molecular formula is C26H22ClN3O2. The van der Waals surface area contributed by atoms with Crippen molar-refractivity contribution in [3.8, 4) is 16.8 Å². The summed E-state index contributed by atoms with van der Waals surface area (Å²) in [7, 11) is 0. The molecule has 160 valence electrons. The summed E-state index contributed by atoms with van der Waals surface area (Å²) in [6.07, 6.45) is 0. The van der Waals surface area contributed by atoms with E-state index in [1.807, 2.05) is 62.4 Å². The summed E-state index contributed by atoms with van der Waals surface area (Å²) in [6, 6.07) is 21.9. The number of amides is 1. The highest BCUT2D eigenvalue weighted by Crippen LogP contribution is 2.28. The van der Waals surface area contributed by atoms with E-state index >= 15 is 0 Å². The van der Waals surface area contributed by atoms with Crippen LogP contribution >= 0.6 is 11.6 Å². The Labute approximate surface area is 191 Å². The van der Waals surface area contributed by atoms with Gasteiger partial charge in [0.05, 0.1) is 21.8 Å². The van der Waals surface area contributed by atoms with Crippen LogP contribution < -0.4 is 10.7 Å². The Balaban J connectivity index is 1.99. The molecule has 1 aromatic heterocycles. The van der Waals surface area contributed by atoms with Gasteiger partial charge in [-0.25, -0.2) is 4.68 Å². The minimum atomic E-state index is -0.421. The van der Waals surface area contributed by atoms with Crippen LogP contribution in [0, 0.1) is 20.8 Å². The van der Waals surface area contributed by atoms with Gasteiger partial charge in [0.25, 0.3) is 5.91 Å². The number of hydrogen-bond donors (Lipinski definition) is 1. The smallest absolute Gasteiger partial charge is 0.258 e. The lowest BCUT2D eigenvalue weighted by Crippen LogP contribution is -2.25. The SMILES string of the molecule is Cc1ccc(-n2nc(C)c(=O)c(-c3ccccc3)c2NC(=O)c2ccccc2Cl)cc1C. The topological polar surface area (TPSA) is 64.0 Å². The van der Waals surface area contributed by atoms with E-state index in [1.165, 1.54) is 0 Å². The molecule has 0 saturated heterocycles. The fourth-order valence-corrected chi connectivity index (χ4v) is 3.71. The first-order chi connectivity index (χ1) is 15.4. The quantitative estimate of drug-likeness (QED) is 0.438. The number of nitrogens with one attached hydrogen (secondary N) is 1. The number of anilines is 1. The summed E-state index contributed by atoms with van der Waals surface area (Å²) in [5, 5.41) is 7.76. The van der Waals surface area contributed by atoms with E-state index in [2.05, 4.69) is 10.4 Å². The van der Waals surface area contributed by atoms with Gasteiger partial charge in [0, 0.05) is 0 Å². The van der Waals surface area contributed by atoms with Crippen LogP contribution in [0.5, 0.6) is 0 Å². The Bertz CT molecular complexity index is 1380. The van der Waals surface area contributed by atoms with Gasteiger partial charge in [-0.1, -0.05) is 60.1 Å². The number of aryl methyl sites for hydroxylation is 3. The van der Waals surface area contributed by atoms with Crippen LogP contribution in [0.1, 0.15) is 27.2 Å². The zero-order valence-electron chi connectivity index (χ0n) is 18.0. The van der Waals surface area contributed by atoms with Crippen molar-refractivity contribution in [3.05, 3.63) is 110 Å². The lowest BCUT2D eigenvalue weighted by molar-refractivity contribution is 0.102. The van der Waals surface area contributed by atoms with Crippen molar-refractivity contribution >= 4 is 23.3 Å². The molecule has 1 N–H and O–H groups in total. The first kappa shape index (κ1) is 21.5. The number of benzene rings is 3. The first-order valence-corrected chi connectivity index (χ1v) is 10.6. The standard InChI is InChI=1S/C26H22ClN3O2/c1-16-13-14-20(15-17(16)2)30-25(28-26(32)21-11-7-8-12-22(21)27)23(24(31)18(3)29-30)19-9-5-4-6-10-19/h4-15H,1-3H3,(H,28,32). The second kappa shape index (κ2) is 8.81. The second-order valence-corrected chi connectivity index (χ2v) is 8.03. The third-order valence-corrected chi connectivity index (χ3v) is 5.73. The van der Waals surface area contributed by atoms with Crippen molar-refractivity contribution in [1.82, 2.24) is 9.78 Å². The van der Waals surface area contributed by atoms with Crippen LogP contribution in [0.25, 0.3) is 16.8 Å². The molecule has 5 nitrogen and oxygen atoms in total. The average Bonchev–Trinajstić information content (AvgIpc) is 2.79. The van der Waals surface area contributed by atoms with Crippen molar-refractivity contribution in [3.63, 3.8) is 0 Å². The molecule has 0 aliphatic heterocycles. The number of rotatable bonds is 4. The second-order valence-electron chi connectivity index (χ2n) is 7.62. The highest BCUT2D eigenvalue weighted by molar-refractivity contribution is 6.34. The maximum atomic E-state index is 13.2. The van der Waals surface area contributed by atoms with Crippen molar-refractivity contribution in [2.45, 2.75) is 20.8 Å². The monoisotopic (exact) mass is 443 g/mol. The van der Waals surface area contributed by atoms with E-state index in [9.17, 15) is 9.59 Å². The van der Waals surface area contributed by atoms with E-state index in [0.29, 0.717) is 33.2 Å². The summed E-state index contributed by atoms with van der Waals surface area (Å²) in [6.45, 7) is 5.71. The molecule has 0 radical (unpaired) electrons. The molecule has 32 heavy (non-hydrogen) atoms. The normalized spacial score (nSPS) is 10.8. The zero-order valence-corrected chi connectivity index (χ0v) is 18.8. The Morgan fingerprint density at radius 1 is 0.906 bits per heavy atom. The number of hydrogen-bond acceptors (Lipinski definition) is 3. The Kier molecular flexibility index (Phi) is 5.93. The number of carbonyl (C=O) groups excluding carboxylic acids is 1. The molecule has 0 atom stereocenters. The molecule has 0 bridgehead atoms. The first-order valence-electron chi connectivity index (χ1n) is 10.2. The van der Waals surface area contributed by atoms with E-state index < -0.39 is 5.91 Å². The van der Waals surface area contributed by atoms with Gasteiger partial charge in [-0.2, -0.15) is 5.10 Å². The van der Waals surface area contributed by atoms with Gasteiger partial charge in [0.1, 0.15) is 11.5 Å². The van der Waals surface area contributed by atoms with Crippen LogP contribution in [-0.4, -0.2) is 15.7 Å². The van der Waals surface area contributed by atoms with Crippen molar-refractivity contribution in [2.24, 2.45) is 0 Å². The molecule has 0 saturated carbocycles. The lowest BCUT2D eigenvalue weighted by atomic mass is 10.0. The minimum absolute atomic E-state index is 0.245. The molecule has 4 aromatic rings. The van der Waals surface area contributed by atoms with Crippen molar-refractivity contribution in [1.29, 1.82) is 0 Å². The van der Waals surface area contributed by atoms with Gasteiger partial charge >= 0.3 is 0 Å². The fourth-order valence-electron chi connectivity index (χ4n) is 3.49. The van der Waals surface area contributed by atoms with Crippen LogP contribution in [0.3, 0.4) is 0 Å². The zero-order chi connectivity index (χ0) is 22.8. The van der Waals surface area contributed by atoms with Gasteiger partial charge in [-0.15, -0.1) is 0 Å². The lowest BCUT2D eigenvalue weighted by Gasteiger charge is -2.19. The number of halogens is 1. The van der Waals surface area contributed by atoms with E-state index in [1.54, 1.807) is 35.9 Å². The van der Waals surface area contributed by atoms with Crippen LogP contribution in [-0.2, 0) is 0 Å². The summed E-state index contributed by atoms with van der Waals surface area (Å²) in [5.74, 6) is -0.129. The average molecular weight is 444 g/mol. The molecule has 0 fully saturated rings. The summed E-state index contributed by atoms with van der Waals surface area (Å²) < 4.78 is 1.61. The molecule has 1 heterocycles. The molecule has 1 amide bonds. The maximum Gasteiger partial charge on any atom is 0.258 e. The Morgan fingerprint density at radius 3 is 2.28 bits per heavy atom. The molecule has 0 spiro atoms. The summed E-state index contributed by atoms with van der Waals surface area (Å²) in [5.41, 5.74) is 4.41. The van der Waals surface area contributed by atoms with Gasteiger partial charge in [0.2, 0.25) is 5.43 Å². The van der Waals surface area contributed by atoms with Crippen LogP contribution in [0.15, 0.2) is 77.6 Å². The van der Waals surface area contributed by atoms with Crippen LogP contribution in [0.4, 0.5) is 5.82 Å². The predicted octanol–water partition coefficient (Wildman–Crippen LogP) is 5.73. The highest BCUT2D eigenvalue weighted by Gasteiger charge is 2.21. The largest absolute Gasteiger partial charge is 0.306 e. The third kappa shape index (κ3) is 4.07. The van der Waals surface area contributed by atoms with Crippen LogP contribution in [0.2, 0.25) is 5.02 Å². The third-order valence-electron chi connectivity index (χ3n) is 5.40. The minimum Gasteiger partial charge on any atom is -0.306 e. The van der Waals surface area contributed by atoms with E-state index in [4.69, 9.17) is 11.6 Å². The number of nitrogens with zero attached hydrogens (tertiary/aromatic N) is 2. The van der Waals surface area contributed by atoms with Gasteiger partial charge in [0.15, 0.2) is 0 Å². The molecular weight excluding hydrogens is 422 g/mol. The Morgan fingerprint density at radius 2 is 1.59 bits per heavy atom. The molecule has 6 heteroatoms. The molecule has 0 unspecified atom stereocenters. The van der Waals surface area contributed by atoms with Crippen molar-refractivity contribution < 1.29 is 4.79 Å². The number of carbonyl (C=O) groups is 1.